The van der Waals surface area contributed by atoms with Crippen LogP contribution in [0.5, 0.6) is 0 Å². The monoisotopic (exact) mass is 198 g/mol. The van der Waals surface area contributed by atoms with Gasteiger partial charge in [0.2, 0.25) is 0 Å². The average Bonchev–Trinajstić information content (AvgIpc) is 2.26. The number of rotatable bonds is 3. The van der Waals surface area contributed by atoms with Crippen LogP contribution in [0, 0.1) is 0 Å². The average molecular weight is 198 g/mol. The second-order valence-electron chi connectivity index (χ2n) is 2.60. The van der Waals surface area contributed by atoms with Crippen LogP contribution < -0.4 is 10.9 Å². The number of methoxy groups -OCH3 is 1. The highest BCUT2D eigenvalue weighted by molar-refractivity contribution is 5.92. The van der Waals surface area contributed by atoms with Gasteiger partial charge in [0.15, 0.2) is 0 Å². The molecule has 0 amide bonds. The molecule has 14 heavy (non-hydrogen) atoms. The highest BCUT2D eigenvalue weighted by atomic mass is 19.2. The highest BCUT2D eigenvalue weighted by Crippen LogP contribution is 2.23. The molecule has 2 N–H and O–H groups in total. The Hall–Kier alpha value is -1.78. The molecule has 0 spiro atoms. The van der Waals surface area contributed by atoms with Gasteiger partial charge in [0.25, 0.3) is 0 Å². The SMILES string of the molecule is CNc1ccc(C(=O)OC)cc1NF. The molecule has 1 rings (SSSR count). The Morgan fingerprint density at radius 1 is 1.43 bits per heavy atom. The molecule has 1 aromatic rings. The number of anilines is 2. The summed E-state index contributed by atoms with van der Waals surface area (Å²) < 4.78 is 16.8. The van der Waals surface area contributed by atoms with E-state index < -0.39 is 5.97 Å². The first-order chi connectivity index (χ1) is 6.72. The molecule has 0 radical (unpaired) electrons. The summed E-state index contributed by atoms with van der Waals surface area (Å²) >= 11 is 0. The van der Waals surface area contributed by atoms with Crippen LogP contribution >= 0.6 is 0 Å². The third kappa shape index (κ3) is 1.93. The topological polar surface area (TPSA) is 50.4 Å². The molecule has 0 atom stereocenters. The Morgan fingerprint density at radius 3 is 2.64 bits per heavy atom. The van der Waals surface area contributed by atoms with Crippen molar-refractivity contribution in [2.24, 2.45) is 0 Å². The number of nitrogens with one attached hydrogen (secondary N) is 2. The van der Waals surface area contributed by atoms with Gasteiger partial charge >= 0.3 is 5.97 Å². The number of esters is 1. The molecule has 76 valence electrons. The van der Waals surface area contributed by atoms with Gasteiger partial charge in [0.1, 0.15) is 0 Å². The molecule has 0 unspecified atom stereocenters. The maximum absolute atomic E-state index is 12.3. The molecule has 0 saturated heterocycles. The van der Waals surface area contributed by atoms with Crippen LogP contribution in [0.15, 0.2) is 18.2 Å². The van der Waals surface area contributed by atoms with E-state index in [2.05, 4.69) is 10.1 Å². The van der Waals surface area contributed by atoms with Crippen molar-refractivity contribution < 1.29 is 14.0 Å². The summed E-state index contributed by atoms with van der Waals surface area (Å²) in [4.78, 5) is 11.1. The number of ether oxygens (including phenoxy) is 1. The highest BCUT2D eigenvalue weighted by Gasteiger charge is 2.08. The van der Waals surface area contributed by atoms with Crippen LogP contribution in [0.4, 0.5) is 15.9 Å². The molecule has 0 fully saturated rings. The van der Waals surface area contributed by atoms with E-state index in [-0.39, 0.29) is 5.69 Å². The fourth-order valence-corrected chi connectivity index (χ4v) is 1.09. The Kier molecular flexibility index (Phi) is 3.28. The maximum Gasteiger partial charge on any atom is 0.337 e. The minimum Gasteiger partial charge on any atom is -0.465 e. The first-order valence-corrected chi connectivity index (χ1v) is 3.99. The third-order valence-corrected chi connectivity index (χ3v) is 1.81. The second kappa shape index (κ2) is 4.45. The van der Waals surface area contributed by atoms with Crippen LogP contribution in [0.1, 0.15) is 10.4 Å². The quantitative estimate of drug-likeness (QED) is 0.574. The minimum atomic E-state index is -0.496. The molecule has 0 heterocycles. The molecular weight excluding hydrogens is 187 g/mol. The van der Waals surface area contributed by atoms with Gasteiger partial charge in [0.05, 0.1) is 24.0 Å². The lowest BCUT2D eigenvalue weighted by atomic mass is 10.2. The van der Waals surface area contributed by atoms with E-state index in [4.69, 9.17) is 0 Å². The Bertz CT molecular complexity index is 342. The number of carbonyl (C=O) groups is 1. The van der Waals surface area contributed by atoms with Gasteiger partial charge in [-0.25, -0.2) is 10.3 Å². The Morgan fingerprint density at radius 2 is 2.14 bits per heavy atom. The molecular formula is C9H11FN2O2. The van der Waals surface area contributed by atoms with Crippen molar-refractivity contribution in [3.63, 3.8) is 0 Å². The second-order valence-corrected chi connectivity index (χ2v) is 2.60. The van der Waals surface area contributed by atoms with Crippen molar-refractivity contribution in [1.29, 1.82) is 0 Å². The van der Waals surface area contributed by atoms with Gasteiger partial charge < -0.3 is 10.1 Å². The van der Waals surface area contributed by atoms with E-state index >= 15 is 0 Å². The zero-order chi connectivity index (χ0) is 10.6. The summed E-state index contributed by atoms with van der Waals surface area (Å²) in [6.45, 7) is 0. The first-order valence-electron chi connectivity index (χ1n) is 3.99. The van der Waals surface area contributed by atoms with E-state index in [1.807, 2.05) is 0 Å². The molecule has 1 aromatic carbocycles. The lowest BCUT2D eigenvalue weighted by molar-refractivity contribution is 0.0601. The van der Waals surface area contributed by atoms with Gasteiger partial charge in [-0.05, 0) is 18.2 Å². The molecule has 0 aliphatic rings. The maximum atomic E-state index is 12.3. The first kappa shape index (κ1) is 10.3. The van der Waals surface area contributed by atoms with Crippen molar-refractivity contribution in [1.82, 2.24) is 0 Å². The number of benzene rings is 1. The van der Waals surface area contributed by atoms with Gasteiger partial charge in [-0.1, -0.05) is 0 Å². The summed E-state index contributed by atoms with van der Waals surface area (Å²) in [7, 11) is 2.94. The van der Waals surface area contributed by atoms with Gasteiger partial charge in [-0.15, -0.1) is 4.48 Å². The Balaban J connectivity index is 3.07. The third-order valence-electron chi connectivity index (χ3n) is 1.81. The molecule has 4 nitrogen and oxygen atoms in total. The van der Waals surface area contributed by atoms with Crippen molar-refractivity contribution in [3.8, 4) is 0 Å². The number of carbonyl (C=O) groups excluding carboxylic acids is 1. The van der Waals surface area contributed by atoms with Gasteiger partial charge in [-0.2, -0.15) is 0 Å². The fraction of sp³-hybridized carbons (Fsp3) is 0.222. The summed E-state index contributed by atoms with van der Waals surface area (Å²) in [5, 5.41) is 2.78. The van der Waals surface area contributed by atoms with Crippen molar-refractivity contribution >= 4 is 17.3 Å². The lowest BCUT2D eigenvalue weighted by Gasteiger charge is -2.07. The van der Waals surface area contributed by atoms with Crippen molar-refractivity contribution in [2.45, 2.75) is 0 Å². The van der Waals surface area contributed by atoms with E-state index in [9.17, 15) is 9.28 Å². The van der Waals surface area contributed by atoms with Crippen LogP contribution in [-0.2, 0) is 4.74 Å². The number of hydrogen-bond donors (Lipinski definition) is 2. The zero-order valence-electron chi connectivity index (χ0n) is 7.93. The molecule has 0 aliphatic carbocycles. The zero-order valence-corrected chi connectivity index (χ0v) is 7.93. The van der Waals surface area contributed by atoms with Crippen LogP contribution in [0.3, 0.4) is 0 Å². The predicted octanol–water partition coefficient (Wildman–Crippen LogP) is 1.81. The van der Waals surface area contributed by atoms with Crippen molar-refractivity contribution in [3.05, 3.63) is 23.8 Å². The summed E-state index contributed by atoms with van der Waals surface area (Å²) in [5.74, 6) is -0.496. The number of halogens is 1. The normalized spacial score (nSPS) is 9.36. The Labute approximate surface area is 81.0 Å². The minimum absolute atomic E-state index is 0.204. The summed E-state index contributed by atoms with van der Waals surface area (Å²) in [5.41, 5.74) is 2.57. The van der Waals surface area contributed by atoms with Crippen LogP contribution in [0.25, 0.3) is 0 Å². The predicted molar refractivity (Wildman–Crippen MR) is 52.1 cm³/mol. The summed E-state index contributed by atoms with van der Waals surface area (Å²) in [6, 6.07) is 4.52. The summed E-state index contributed by atoms with van der Waals surface area (Å²) in [6.07, 6.45) is 0. The number of hydrogen-bond acceptors (Lipinski definition) is 4. The fourth-order valence-electron chi connectivity index (χ4n) is 1.09. The van der Waals surface area contributed by atoms with E-state index in [1.165, 1.54) is 18.7 Å². The van der Waals surface area contributed by atoms with E-state index in [1.54, 1.807) is 19.2 Å². The van der Waals surface area contributed by atoms with E-state index in [0.29, 0.717) is 11.3 Å². The standard InChI is InChI=1S/C9H11FN2O2/c1-11-7-4-3-6(9(13)14-2)5-8(7)12-10/h3-5,11-12H,1-2H3. The largest absolute Gasteiger partial charge is 0.465 e. The van der Waals surface area contributed by atoms with Crippen molar-refractivity contribution in [2.75, 3.05) is 25.0 Å². The molecule has 0 aliphatic heterocycles. The van der Waals surface area contributed by atoms with Crippen LogP contribution in [-0.4, -0.2) is 20.1 Å². The molecule has 5 heteroatoms. The van der Waals surface area contributed by atoms with Crippen LogP contribution in [0.2, 0.25) is 0 Å². The van der Waals surface area contributed by atoms with E-state index in [0.717, 1.165) is 0 Å². The lowest BCUT2D eigenvalue weighted by Crippen LogP contribution is -2.03. The van der Waals surface area contributed by atoms with Gasteiger partial charge in [-0.3, -0.25) is 0 Å². The van der Waals surface area contributed by atoms with Gasteiger partial charge in [0, 0.05) is 7.05 Å². The molecule has 0 saturated carbocycles. The smallest absolute Gasteiger partial charge is 0.337 e. The molecule has 0 aromatic heterocycles. The molecule has 0 bridgehead atoms.